The summed E-state index contributed by atoms with van der Waals surface area (Å²) in [5, 5.41) is 4.15. The van der Waals surface area contributed by atoms with Crippen molar-refractivity contribution in [3.05, 3.63) is 52.2 Å². The number of hydrogen-bond acceptors (Lipinski definition) is 3. The molecule has 3 heterocycles. The zero-order valence-corrected chi connectivity index (χ0v) is 14.7. The van der Waals surface area contributed by atoms with Gasteiger partial charge in [-0.15, -0.1) is 0 Å². The van der Waals surface area contributed by atoms with E-state index in [0.717, 1.165) is 49.2 Å². The fourth-order valence-electron chi connectivity index (χ4n) is 3.44. The van der Waals surface area contributed by atoms with Crippen molar-refractivity contribution in [2.24, 2.45) is 0 Å². The van der Waals surface area contributed by atoms with Gasteiger partial charge in [0.15, 0.2) is 0 Å². The molecule has 1 amide bonds. The molecule has 4 nitrogen and oxygen atoms in total. The highest BCUT2D eigenvalue weighted by Crippen LogP contribution is 2.28. The second kappa shape index (κ2) is 6.96. The number of aromatic amines is 1. The fraction of sp³-hybridized carbons (Fsp3) is 0.368. The Morgan fingerprint density at radius 2 is 2.16 bits per heavy atom. The maximum atomic E-state index is 13.3. The summed E-state index contributed by atoms with van der Waals surface area (Å²) in [7, 11) is 0. The number of likely N-dealkylation sites (tertiary alicyclic amines) is 1. The van der Waals surface area contributed by atoms with Crippen molar-refractivity contribution in [2.45, 2.75) is 31.6 Å². The lowest BCUT2D eigenvalue weighted by molar-refractivity contribution is -0.132. The second-order valence-electron chi connectivity index (χ2n) is 6.57. The first-order chi connectivity index (χ1) is 12.2. The highest BCUT2D eigenvalue weighted by molar-refractivity contribution is 7.07. The van der Waals surface area contributed by atoms with Crippen LogP contribution in [-0.2, 0) is 11.2 Å². The van der Waals surface area contributed by atoms with E-state index in [1.54, 1.807) is 17.4 Å². The van der Waals surface area contributed by atoms with E-state index < -0.39 is 0 Å². The molecule has 1 N–H and O–H groups in total. The van der Waals surface area contributed by atoms with Crippen LogP contribution in [0.5, 0.6) is 0 Å². The zero-order chi connectivity index (χ0) is 17.2. The molecular formula is C19H20FN3OS. The van der Waals surface area contributed by atoms with Crippen molar-refractivity contribution >= 4 is 28.3 Å². The number of thiophene rings is 1. The molecular weight excluding hydrogens is 337 g/mol. The van der Waals surface area contributed by atoms with Crippen LogP contribution in [0.25, 0.3) is 11.0 Å². The van der Waals surface area contributed by atoms with Gasteiger partial charge in [-0.2, -0.15) is 11.3 Å². The number of rotatable bonds is 4. The van der Waals surface area contributed by atoms with E-state index in [1.807, 2.05) is 10.3 Å². The number of nitrogens with zero attached hydrogens (tertiary/aromatic N) is 2. The fourth-order valence-corrected chi connectivity index (χ4v) is 4.14. The molecule has 0 saturated carbocycles. The van der Waals surface area contributed by atoms with Crippen LogP contribution in [0.3, 0.4) is 0 Å². The van der Waals surface area contributed by atoms with Crippen molar-refractivity contribution in [2.75, 3.05) is 13.1 Å². The lowest BCUT2D eigenvalue weighted by Gasteiger charge is -2.31. The van der Waals surface area contributed by atoms with E-state index in [9.17, 15) is 9.18 Å². The minimum Gasteiger partial charge on any atom is -0.343 e. The van der Waals surface area contributed by atoms with Crippen LogP contribution in [0.15, 0.2) is 35.0 Å². The Labute approximate surface area is 149 Å². The van der Waals surface area contributed by atoms with E-state index in [4.69, 9.17) is 0 Å². The van der Waals surface area contributed by atoms with Gasteiger partial charge >= 0.3 is 0 Å². The minimum atomic E-state index is -0.256. The summed E-state index contributed by atoms with van der Waals surface area (Å²) in [5.74, 6) is 1.19. The molecule has 4 rings (SSSR count). The molecule has 0 spiro atoms. The van der Waals surface area contributed by atoms with Crippen LogP contribution in [0, 0.1) is 5.82 Å². The lowest BCUT2D eigenvalue weighted by atomic mass is 9.96. The highest BCUT2D eigenvalue weighted by atomic mass is 32.1. The summed E-state index contributed by atoms with van der Waals surface area (Å²) in [6.07, 6.45) is 3.18. The third-order valence-electron chi connectivity index (χ3n) is 4.90. The number of benzene rings is 1. The van der Waals surface area contributed by atoms with Crippen molar-refractivity contribution in [1.82, 2.24) is 14.9 Å². The molecule has 25 heavy (non-hydrogen) atoms. The van der Waals surface area contributed by atoms with Gasteiger partial charge in [-0.25, -0.2) is 9.37 Å². The number of amides is 1. The SMILES string of the molecule is O=C(CCc1ccsc1)N1CCC(c2nc3ccc(F)cc3[nH]2)CC1. The number of halogens is 1. The number of carbonyl (C=O) groups excluding carboxylic acids is 1. The van der Waals surface area contributed by atoms with E-state index >= 15 is 0 Å². The number of aryl methyl sites for hydroxylation is 1. The smallest absolute Gasteiger partial charge is 0.222 e. The summed E-state index contributed by atoms with van der Waals surface area (Å²) in [4.78, 5) is 22.2. The number of aromatic nitrogens is 2. The van der Waals surface area contributed by atoms with Crippen LogP contribution < -0.4 is 0 Å². The van der Waals surface area contributed by atoms with Crippen LogP contribution in [0.1, 0.15) is 36.6 Å². The first-order valence-electron chi connectivity index (χ1n) is 8.63. The van der Waals surface area contributed by atoms with Gasteiger partial charge in [0.25, 0.3) is 0 Å². The van der Waals surface area contributed by atoms with Crippen LogP contribution in [-0.4, -0.2) is 33.9 Å². The maximum absolute atomic E-state index is 13.3. The van der Waals surface area contributed by atoms with Gasteiger partial charge in [0.2, 0.25) is 5.91 Å². The maximum Gasteiger partial charge on any atom is 0.222 e. The molecule has 1 aliphatic rings. The second-order valence-corrected chi connectivity index (χ2v) is 7.35. The van der Waals surface area contributed by atoms with E-state index in [-0.39, 0.29) is 11.7 Å². The van der Waals surface area contributed by atoms with Gasteiger partial charge in [-0.1, -0.05) is 0 Å². The van der Waals surface area contributed by atoms with Crippen molar-refractivity contribution in [1.29, 1.82) is 0 Å². The molecule has 1 saturated heterocycles. The molecule has 0 aliphatic carbocycles. The summed E-state index contributed by atoms with van der Waals surface area (Å²) in [5.41, 5.74) is 2.78. The minimum absolute atomic E-state index is 0.233. The Hall–Kier alpha value is -2.21. The van der Waals surface area contributed by atoms with Crippen molar-refractivity contribution in [3.63, 3.8) is 0 Å². The molecule has 1 fully saturated rings. The van der Waals surface area contributed by atoms with E-state index in [2.05, 4.69) is 21.4 Å². The van der Waals surface area contributed by atoms with Crippen LogP contribution >= 0.6 is 11.3 Å². The molecule has 6 heteroatoms. The molecule has 0 radical (unpaired) electrons. The molecule has 2 aromatic heterocycles. The van der Waals surface area contributed by atoms with Gasteiger partial charge in [0.1, 0.15) is 11.6 Å². The largest absolute Gasteiger partial charge is 0.343 e. The molecule has 0 atom stereocenters. The molecule has 1 aliphatic heterocycles. The average molecular weight is 357 g/mol. The Bertz CT molecular complexity index is 866. The topological polar surface area (TPSA) is 49.0 Å². The van der Waals surface area contributed by atoms with Crippen LogP contribution in [0.2, 0.25) is 0 Å². The Kier molecular flexibility index (Phi) is 4.53. The number of imidazole rings is 1. The lowest BCUT2D eigenvalue weighted by Crippen LogP contribution is -2.38. The summed E-state index contributed by atoms with van der Waals surface area (Å²) in [6, 6.07) is 6.69. The predicted molar refractivity (Wildman–Crippen MR) is 97.2 cm³/mol. The quantitative estimate of drug-likeness (QED) is 0.764. The van der Waals surface area contributed by atoms with E-state index in [1.165, 1.54) is 17.7 Å². The summed E-state index contributed by atoms with van der Waals surface area (Å²) < 4.78 is 13.3. The standard InChI is InChI=1S/C19H20FN3OS/c20-15-2-3-16-17(11-15)22-19(21-16)14-5-8-23(9-6-14)18(24)4-1-13-7-10-25-12-13/h2-3,7,10-12,14H,1,4-6,8-9H2,(H,21,22). The first kappa shape index (κ1) is 16.3. The number of piperidine rings is 1. The Morgan fingerprint density at radius 3 is 2.92 bits per heavy atom. The number of carbonyl (C=O) groups is 1. The monoisotopic (exact) mass is 357 g/mol. The third kappa shape index (κ3) is 3.58. The molecule has 1 aromatic carbocycles. The summed E-state index contributed by atoms with van der Waals surface area (Å²) in [6.45, 7) is 1.52. The van der Waals surface area contributed by atoms with Gasteiger partial charge in [0.05, 0.1) is 11.0 Å². The molecule has 0 bridgehead atoms. The van der Waals surface area contributed by atoms with Crippen molar-refractivity contribution in [3.8, 4) is 0 Å². The van der Waals surface area contributed by atoms with Gasteiger partial charge < -0.3 is 9.88 Å². The van der Waals surface area contributed by atoms with Crippen LogP contribution in [0.4, 0.5) is 4.39 Å². The highest BCUT2D eigenvalue weighted by Gasteiger charge is 2.25. The number of nitrogens with one attached hydrogen (secondary N) is 1. The molecule has 0 unspecified atom stereocenters. The Morgan fingerprint density at radius 1 is 1.32 bits per heavy atom. The van der Waals surface area contributed by atoms with Gasteiger partial charge in [-0.3, -0.25) is 4.79 Å². The number of hydrogen-bond donors (Lipinski definition) is 1. The molecule has 130 valence electrons. The molecule has 3 aromatic rings. The van der Waals surface area contributed by atoms with Gasteiger partial charge in [-0.05, 0) is 59.9 Å². The number of H-pyrrole nitrogens is 1. The zero-order valence-electron chi connectivity index (χ0n) is 13.9. The van der Waals surface area contributed by atoms with Gasteiger partial charge in [0, 0.05) is 25.4 Å². The first-order valence-corrected chi connectivity index (χ1v) is 9.57. The predicted octanol–water partition coefficient (Wildman–Crippen LogP) is 4.10. The Balaban J connectivity index is 1.34. The van der Waals surface area contributed by atoms with E-state index in [0.29, 0.717) is 12.3 Å². The number of fused-ring (bicyclic) bond motifs is 1. The normalized spacial score (nSPS) is 15.8. The average Bonchev–Trinajstić information content (AvgIpc) is 3.29. The third-order valence-corrected chi connectivity index (χ3v) is 5.64. The summed E-state index contributed by atoms with van der Waals surface area (Å²) >= 11 is 1.67. The van der Waals surface area contributed by atoms with Crippen molar-refractivity contribution < 1.29 is 9.18 Å².